The van der Waals surface area contributed by atoms with Gasteiger partial charge in [-0.3, -0.25) is 4.79 Å². The summed E-state index contributed by atoms with van der Waals surface area (Å²) in [4.78, 5) is 21.8. The van der Waals surface area contributed by atoms with Gasteiger partial charge >= 0.3 is 0 Å². The Balaban J connectivity index is 1.82. The van der Waals surface area contributed by atoms with Crippen LogP contribution < -0.4 is 5.56 Å². The molecule has 0 aliphatic rings. The van der Waals surface area contributed by atoms with Gasteiger partial charge in [-0.2, -0.15) is 5.10 Å². The average molecular weight is 318 g/mol. The third-order valence-electron chi connectivity index (χ3n) is 3.17. The van der Waals surface area contributed by atoms with Crippen LogP contribution in [0.3, 0.4) is 0 Å². The van der Waals surface area contributed by atoms with Crippen molar-refractivity contribution in [3.8, 4) is 0 Å². The fourth-order valence-corrected chi connectivity index (χ4v) is 3.26. The van der Waals surface area contributed by atoms with Crippen LogP contribution in [0.4, 0.5) is 0 Å². The molecule has 0 amide bonds. The fraction of sp³-hybridized carbons (Fsp3) is 0.0769. The zero-order chi connectivity index (χ0) is 14.4. The highest BCUT2D eigenvalue weighted by atomic mass is 35.5. The van der Waals surface area contributed by atoms with Gasteiger partial charge in [0.2, 0.25) is 0 Å². The molecule has 0 radical (unpaired) electrons. The second-order valence-electron chi connectivity index (χ2n) is 4.46. The number of hydrogen-bond donors (Lipinski definition) is 0. The number of aromatic nitrogens is 5. The van der Waals surface area contributed by atoms with Crippen molar-refractivity contribution in [3.05, 3.63) is 57.4 Å². The minimum atomic E-state index is -0.138. The SMILES string of the molecule is O=c1c2ccnn2ccn1Cc1nc(Cl)c2ccsc2n1. The van der Waals surface area contributed by atoms with Gasteiger partial charge in [-0.25, -0.2) is 14.5 Å². The van der Waals surface area contributed by atoms with E-state index in [4.69, 9.17) is 11.6 Å². The molecule has 4 rings (SSSR count). The van der Waals surface area contributed by atoms with Crippen LogP contribution in [0.25, 0.3) is 15.7 Å². The number of rotatable bonds is 2. The van der Waals surface area contributed by atoms with Gasteiger partial charge in [-0.05, 0) is 17.5 Å². The highest BCUT2D eigenvalue weighted by Crippen LogP contribution is 2.24. The molecule has 0 aliphatic heterocycles. The fourth-order valence-electron chi connectivity index (χ4n) is 2.17. The van der Waals surface area contributed by atoms with Crippen molar-refractivity contribution in [1.82, 2.24) is 24.1 Å². The summed E-state index contributed by atoms with van der Waals surface area (Å²) in [5, 5.41) is 7.19. The van der Waals surface area contributed by atoms with Crippen molar-refractivity contribution in [2.45, 2.75) is 6.54 Å². The molecule has 0 bridgehead atoms. The standard InChI is InChI=1S/C13H8ClN5OS/c14-11-8-2-6-21-12(8)17-10(16-11)7-18-4-5-19-9(13(18)20)1-3-15-19/h1-6H,7H2. The van der Waals surface area contributed by atoms with E-state index in [0.717, 1.165) is 10.2 Å². The van der Waals surface area contributed by atoms with Gasteiger partial charge in [-0.1, -0.05) is 11.6 Å². The lowest BCUT2D eigenvalue weighted by Crippen LogP contribution is -2.22. The van der Waals surface area contributed by atoms with Crippen molar-refractivity contribution in [2.75, 3.05) is 0 Å². The zero-order valence-corrected chi connectivity index (χ0v) is 12.2. The predicted molar refractivity (Wildman–Crippen MR) is 81.0 cm³/mol. The Labute approximate surface area is 127 Å². The topological polar surface area (TPSA) is 65.1 Å². The van der Waals surface area contributed by atoms with Gasteiger partial charge in [0, 0.05) is 17.8 Å². The van der Waals surface area contributed by atoms with Crippen molar-refractivity contribution in [3.63, 3.8) is 0 Å². The Morgan fingerprint density at radius 2 is 2.14 bits per heavy atom. The Morgan fingerprint density at radius 3 is 3.05 bits per heavy atom. The molecule has 0 unspecified atom stereocenters. The number of thiophene rings is 1. The molecule has 0 atom stereocenters. The van der Waals surface area contributed by atoms with Gasteiger partial charge in [0.05, 0.1) is 12.7 Å². The van der Waals surface area contributed by atoms with Gasteiger partial charge in [-0.15, -0.1) is 11.3 Å². The second kappa shape index (κ2) is 4.64. The predicted octanol–water partition coefficient (Wildman–Crippen LogP) is 2.20. The van der Waals surface area contributed by atoms with Crippen LogP contribution in [0, 0.1) is 0 Å². The van der Waals surface area contributed by atoms with Crippen LogP contribution in [0.5, 0.6) is 0 Å². The van der Waals surface area contributed by atoms with Crippen molar-refractivity contribution >= 4 is 38.7 Å². The van der Waals surface area contributed by atoms with Crippen LogP contribution in [-0.4, -0.2) is 24.1 Å². The Morgan fingerprint density at radius 1 is 1.24 bits per heavy atom. The Hall–Kier alpha value is -2.25. The van der Waals surface area contributed by atoms with E-state index in [1.165, 1.54) is 15.9 Å². The number of fused-ring (bicyclic) bond motifs is 2. The first-order chi connectivity index (χ1) is 10.2. The highest BCUT2D eigenvalue weighted by molar-refractivity contribution is 7.16. The minimum Gasteiger partial charge on any atom is -0.304 e. The molecule has 0 fully saturated rings. The van der Waals surface area contributed by atoms with E-state index in [1.807, 2.05) is 11.4 Å². The second-order valence-corrected chi connectivity index (χ2v) is 5.71. The molecule has 6 nitrogen and oxygen atoms in total. The van der Waals surface area contributed by atoms with Gasteiger partial charge in [0.1, 0.15) is 15.5 Å². The van der Waals surface area contributed by atoms with Gasteiger partial charge in [0.15, 0.2) is 5.82 Å². The highest BCUT2D eigenvalue weighted by Gasteiger charge is 2.09. The van der Waals surface area contributed by atoms with Crippen LogP contribution in [-0.2, 0) is 6.54 Å². The van der Waals surface area contributed by atoms with E-state index in [1.54, 1.807) is 29.2 Å². The molecule has 0 N–H and O–H groups in total. The maximum Gasteiger partial charge on any atom is 0.276 e. The largest absolute Gasteiger partial charge is 0.304 e. The first-order valence-electron chi connectivity index (χ1n) is 6.15. The molecular formula is C13H8ClN5OS. The normalized spacial score (nSPS) is 11.5. The summed E-state index contributed by atoms with van der Waals surface area (Å²) in [5.74, 6) is 0.515. The summed E-state index contributed by atoms with van der Waals surface area (Å²) in [6.07, 6.45) is 4.98. The third-order valence-corrected chi connectivity index (χ3v) is 4.27. The van der Waals surface area contributed by atoms with Crippen LogP contribution in [0.15, 0.2) is 40.9 Å². The van der Waals surface area contributed by atoms with E-state index < -0.39 is 0 Å². The van der Waals surface area contributed by atoms with Crippen LogP contribution in [0.1, 0.15) is 5.82 Å². The molecule has 0 spiro atoms. The summed E-state index contributed by atoms with van der Waals surface area (Å²) < 4.78 is 3.08. The van der Waals surface area contributed by atoms with Crippen molar-refractivity contribution < 1.29 is 0 Å². The lowest BCUT2D eigenvalue weighted by molar-refractivity contribution is 0.709. The molecule has 0 saturated heterocycles. The number of hydrogen-bond acceptors (Lipinski definition) is 5. The summed E-state index contributed by atoms with van der Waals surface area (Å²) in [6, 6.07) is 3.56. The lowest BCUT2D eigenvalue weighted by Gasteiger charge is -2.05. The summed E-state index contributed by atoms with van der Waals surface area (Å²) >= 11 is 7.64. The molecule has 4 aromatic rings. The molecule has 104 valence electrons. The number of halogens is 1. The molecule has 21 heavy (non-hydrogen) atoms. The molecule has 0 saturated carbocycles. The van der Waals surface area contributed by atoms with Crippen LogP contribution in [0.2, 0.25) is 5.15 Å². The maximum atomic E-state index is 12.3. The van der Waals surface area contributed by atoms with Gasteiger partial charge < -0.3 is 4.57 Å². The maximum absolute atomic E-state index is 12.3. The van der Waals surface area contributed by atoms with E-state index in [2.05, 4.69) is 15.1 Å². The van der Waals surface area contributed by atoms with E-state index in [0.29, 0.717) is 16.5 Å². The van der Waals surface area contributed by atoms with E-state index in [-0.39, 0.29) is 12.1 Å². The van der Waals surface area contributed by atoms with E-state index in [9.17, 15) is 4.79 Å². The van der Waals surface area contributed by atoms with Crippen molar-refractivity contribution in [1.29, 1.82) is 0 Å². The van der Waals surface area contributed by atoms with Crippen LogP contribution >= 0.6 is 22.9 Å². The summed E-state index contributed by atoms with van der Waals surface area (Å²) in [7, 11) is 0. The Bertz CT molecular complexity index is 1020. The smallest absolute Gasteiger partial charge is 0.276 e. The van der Waals surface area contributed by atoms with Crippen molar-refractivity contribution in [2.24, 2.45) is 0 Å². The first kappa shape index (κ1) is 12.5. The van der Waals surface area contributed by atoms with E-state index >= 15 is 0 Å². The quantitative estimate of drug-likeness (QED) is 0.532. The molecule has 0 aliphatic carbocycles. The summed E-state index contributed by atoms with van der Waals surface area (Å²) in [6.45, 7) is 0.272. The Kier molecular flexibility index (Phi) is 2.76. The molecule has 0 aromatic carbocycles. The lowest BCUT2D eigenvalue weighted by atomic mass is 10.4. The molecule has 4 heterocycles. The first-order valence-corrected chi connectivity index (χ1v) is 7.40. The third kappa shape index (κ3) is 2.01. The van der Waals surface area contributed by atoms with Gasteiger partial charge in [0.25, 0.3) is 5.56 Å². The zero-order valence-electron chi connectivity index (χ0n) is 10.6. The molecule has 4 aromatic heterocycles. The monoisotopic (exact) mass is 317 g/mol. The average Bonchev–Trinajstić information content (AvgIpc) is 3.10. The molecule has 8 heteroatoms. The molecular weight excluding hydrogens is 310 g/mol. The number of nitrogens with zero attached hydrogens (tertiary/aromatic N) is 5. The minimum absolute atomic E-state index is 0.138. The summed E-state index contributed by atoms with van der Waals surface area (Å²) in [5.41, 5.74) is 0.377.